The van der Waals surface area contributed by atoms with E-state index in [2.05, 4.69) is 0 Å². The second-order valence-electron chi connectivity index (χ2n) is 4.25. The molecule has 2 aromatic rings. The Kier molecular flexibility index (Phi) is 5.18. The van der Waals surface area contributed by atoms with Crippen LogP contribution in [-0.4, -0.2) is 18.8 Å². The number of benzene rings is 2. The van der Waals surface area contributed by atoms with E-state index in [0.29, 0.717) is 5.75 Å². The molecule has 0 fully saturated rings. The molecule has 2 nitrogen and oxygen atoms in total. The van der Waals surface area contributed by atoms with E-state index in [-0.39, 0.29) is 17.7 Å². The van der Waals surface area contributed by atoms with Crippen molar-refractivity contribution in [3.8, 4) is 0 Å². The van der Waals surface area contributed by atoms with Gasteiger partial charge in [-0.2, -0.15) is 0 Å². The van der Waals surface area contributed by atoms with Gasteiger partial charge < -0.3 is 4.74 Å². The summed E-state index contributed by atoms with van der Waals surface area (Å²) in [5.41, 5.74) is 0.906. The number of esters is 1. The van der Waals surface area contributed by atoms with Crippen molar-refractivity contribution in [1.82, 2.24) is 0 Å². The number of carbonyl (C=O) groups is 1. The van der Waals surface area contributed by atoms with E-state index in [1.165, 1.54) is 31.0 Å². The van der Waals surface area contributed by atoms with Crippen LogP contribution in [0.1, 0.15) is 11.5 Å². The van der Waals surface area contributed by atoms with Crippen LogP contribution in [0.3, 0.4) is 0 Å². The molecule has 0 aliphatic rings. The molecule has 0 bridgehead atoms. The van der Waals surface area contributed by atoms with Gasteiger partial charge in [0.25, 0.3) is 0 Å². The zero-order chi connectivity index (χ0) is 14.4. The first-order chi connectivity index (χ1) is 9.70. The van der Waals surface area contributed by atoms with E-state index >= 15 is 0 Å². The van der Waals surface area contributed by atoms with Crippen LogP contribution in [0.25, 0.3) is 0 Å². The minimum absolute atomic E-state index is 0.274. The molecule has 2 aromatic carbocycles. The Morgan fingerprint density at radius 2 is 1.95 bits per heavy atom. The lowest BCUT2D eigenvalue weighted by molar-refractivity contribution is -0.141. The molecule has 0 heterocycles. The topological polar surface area (TPSA) is 26.3 Å². The van der Waals surface area contributed by atoms with E-state index in [4.69, 9.17) is 4.74 Å². The lowest BCUT2D eigenvalue weighted by atomic mass is 10.0. The monoisotopic (exact) mass is 290 g/mol. The summed E-state index contributed by atoms with van der Waals surface area (Å²) < 4.78 is 18.0. The summed E-state index contributed by atoms with van der Waals surface area (Å²) in [7, 11) is 1.38. The first kappa shape index (κ1) is 14.6. The highest BCUT2D eigenvalue weighted by atomic mass is 32.2. The first-order valence-electron chi connectivity index (χ1n) is 6.22. The predicted octanol–water partition coefficient (Wildman–Crippen LogP) is 3.87. The van der Waals surface area contributed by atoms with Crippen LogP contribution in [0.15, 0.2) is 59.5 Å². The molecule has 0 saturated carbocycles. The molecule has 0 amide bonds. The summed E-state index contributed by atoms with van der Waals surface area (Å²) in [6, 6.07) is 15.8. The highest BCUT2D eigenvalue weighted by molar-refractivity contribution is 7.99. The fraction of sp³-hybridized carbons (Fsp3) is 0.188. The van der Waals surface area contributed by atoms with Gasteiger partial charge in [0, 0.05) is 10.6 Å². The third-order valence-electron chi connectivity index (χ3n) is 2.90. The molecule has 1 unspecified atom stereocenters. The molecule has 1 atom stereocenters. The van der Waals surface area contributed by atoms with Gasteiger partial charge in [-0.1, -0.05) is 36.4 Å². The molecule has 0 spiro atoms. The van der Waals surface area contributed by atoms with E-state index in [0.717, 1.165) is 10.5 Å². The van der Waals surface area contributed by atoms with Gasteiger partial charge in [-0.25, -0.2) is 4.39 Å². The maximum atomic E-state index is 13.1. The summed E-state index contributed by atoms with van der Waals surface area (Å²) in [6.07, 6.45) is 0. The van der Waals surface area contributed by atoms with Crippen LogP contribution in [0.4, 0.5) is 4.39 Å². The molecule has 0 aliphatic carbocycles. The summed E-state index contributed by atoms with van der Waals surface area (Å²) >= 11 is 1.44. The number of hydrogen-bond donors (Lipinski definition) is 0. The Labute approximate surface area is 122 Å². The SMILES string of the molecule is COC(=O)C(CSc1cccc(F)c1)c1ccccc1. The Balaban J connectivity index is 2.11. The third kappa shape index (κ3) is 3.84. The van der Waals surface area contributed by atoms with Gasteiger partial charge in [0.05, 0.1) is 13.0 Å². The number of carbonyl (C=O) groups excluding carboxylic acids is 1. The van der Waals surface area contributed by atoms with Crippen LogP contribution in [0, 0.1) is 5.82 Å². The molecular weight excluding hydrogens is 275 g/mol. The molecule has 4 heteroatoms. The molecule has 0 saturated heterocycles. The molecule has 104 valence electrons. The second kappa shape index (κ2) is 7.10. The molecule has 0 radical (unpaired) electrons. The van der Waals surface area contributed by atoms with Gasteiger partial charge in [0.15, 0.2) is 0 Å². The van der Waals surface area contributed by atoms with Gasteiger partial charge in [0.1, 0.15) is 5.82 Å². The van der Waals surface area contributed by atoms with E-state index < -0.39 is 0 Å². The predicted molar refractivity (Wildman–Crippen MR) is 78.3 cm³/mol. The van der Waals surface area contributed by atoms with Gasteiger partial charge in [-0.15, -0.1) is 11.8 Å². The zero-order valence-electron chi connectivity index (χ0n) is 11.1. The van der Waals surface area contributed by atoms with Crippen molar-refractivity contribution < 1.29 is 13.9 Å². The smallest absolute Gasteiger partial charge is 0.313 e. The third-order valence-corrected chi connectivity index (χ3v) is 3.99. The molecule has 20 heavy (non-hydrogen) atoms. The van der Waals surface area contributed by atoms with Crippen molar-refractivity contribution in [2.75, 3.05) is 12.9 Å². The Morgan fingerprint density at radius 1 is 1.20 bits per heavy atom. The number of hydrogen-bond acceptors (Lipinski definition) is 3. The molecular formula is C16H15FO2S. The highest BCUT2D eigenvalue weighted by Crippen LogP contribution is 2.27. The van der Waals surface area contributed by atoms with Crippen LogP contribution >= 0.6 is 11.8 Å². The average Bonchev–Trinajstić information content (AvgIpc) is 2.48. The largest absolute Gasteiger partial charge is 0.469 e. The van der Waals surface area contributed by atoms with E-state index in [9.17, 15) is 9.18 Å². The van der Waals surface area contributed by atoms with Crippen LogP contribution in [0.2, 0.25) is 0 Å². The van der Waals surface area contributed by atoms with Crippen LogP contribution < -0.4 is 0 Å². The number of ether oxygens (including phenoxy) is 1. The standard InChI is InChI=1S/C16H15FO2S/c1-19-16(18)15(12-6-3-2-4-7-12)11-20-14-9-5-8-13(17)10-14/h2-10,15H,11H2,1H3. The number of rotatable bonds is 5. The maximum Gasteiger partial charge on any atom is 0.313 e. The van der Waals surface area contributed by atoms with Crippen molar-refractivity contribution in [3.05, 3.63) is 66.0 Å². The van der Waals surface area contributed by atoms with E-state index in [1.54, 1.807) is 6.07 Å². The average molecular weight is 290 g/mol. The molecule has 2 rings (SSSR count). The van der Waals surface area contributed by atoms with Crippen LogP contribution in [0.5, 0.6) is 0 Å². The number of halogens is 1. The van der Waals surface area contributed by atoms with Crippen molar-refractivity contribution in [2.24, 2.45) is 0 Å². The van der Waals surface area contributed by atoms with Crippen molar-refractivity contribution in [2.45, 2.75) is 10.8 Å². The van der Waals surface area contributed by atoms with Crippen molar-refractivity contribution in [1.29, 1.82) is 0 Å². The van der Waals surface area contributed by atoms with Crippen LogP contribution in [-0.2, 0) is 9.53 Å². The van der Waals surface area contributed by atoms with Crippen molar-refractivity contribution in [3.63, 3.8) is 0 Å². The normalized spacial score (nSPS) is 11.9. The number of methoxy groups -OCH3 is 1. The zero-order valence-corrected chi connectivity index (χ0v) is 11.9. The maximum absolute atomic E-state index is 13.1. The lowest BCUT2D eigenvalue weighted by Gasteiger charge is -2.14. The molecule has 0 aliphatic heterocycles. The summed E-state index contributed by atoms with van der Waals surface area (Å²) in [4.78, 5) is 12.7. The summed E-state index contributed by atoms with van der Waals surface area (Å²) in [5, 5.41) is 0. The van der Waals surface area contributed by atoms with Gasteiger partial charge in [-0.05, 0) is 23.8 Å². The number of thioether (sulfide) groups is 1. The first-order valence-corrected chi connectivity index (χ1v) is 7.20. The quantitative estimate of drug-likeness (QED) is 0.617. The van der Waals surface area contributed by atoms with E-state index in [1.807, 2.05) is 36.4 Å². The summed E-state index contributed by atoms with van der Waals surface area (Å²) in [5.74, 6) is -0.390. The molecule has 0 aromatic heterocycles. The minimum atomic E-state index is -0.352. The minimum Gasteiger partial charge on any atom is -0.469 e. The van der Waals surface area contributed by atoms with Crippen molar-refractivity contribution >= 4 is 17.7 Å². The second-order valence-corrected chi connectivity index (χ2v) is 5.35. The summed E-state index contributed by atoms with van der Waals surface area (Å²) in [6.45, 7) is 0. The van der Waals surface area contributed by atoms with Gasteiger partial charge in [0.2, 0.25) is 0 Å². The molecule has 0 N–H and O–H groups in total. The van der Waals surface area contributed by atoms with Gasteiger partial charge in [-0.3, -0.25) is 4.79 Å². The Morgan fingerprint density at radius 3 is 2.60 bits per heavy atom. The lowest BCUT2D eigenvalue weighted by Crippen LogP contribution is -2.16. The van der Waals surface area contributed by atoms with Gasteiger partial charge >= 0.3 is 5.97 Å². The Bertz CT molecular complexity index is 572. The Hall–Kier alpha value is -1.81. The fourth-order valence-corrected chi connectivity index (χ4v) is 2.92. The highest BCUT2D eigenvalue weighted by Gasteiger charge is 2.21. The fourth-order valence-electron chi connectivity index (χ4n) is 1.86.